The zero-order chi connectivity index (χ0) is 11.3. The van der Waals surface area contributed by atoms with E-state index in [2.05, 4.69) is 33.2 Å². The zero-order valence-corrected chi connectivity index (χ0v) is 10.1. The van der Waals surface area contributed by atoms with Gasteiger partial charge < -0.3 is 0 Å². The van der Waals surface area contributed by atoms with E-state index >= 15 is 0 Å². The molecule has 1 N–H and O–H groups in total. The fraction of sp³-hybridized carbons (Fsp3) is 0.182. The van der Waals surface area contributed by atoms with E-state index in [1.54, 1.807) is 12.1 Å². The van der Waals surface area contributed by atoms with Crippen LogP contribution in [0.15, 0.2) is 22.7 Å². The smallest absolute Gasteiger partial charge is 0.122 e. The van der Waals surface area contributed by atoms with E-state index < -0.39 is 6.04 Å². The van der Waals surface area contributed by atoms with Crippen LogP contribution in [0.5, 0.6) is 0 Å². The molecule has 1 aromatic rings. The topological polar surface area (TPSA) is 35.8 Å². The number of benzene rings is 1. The lowest BCUT2D eigenvalue weighted by atomic mass is 10.1. The van der Waals surface area contributed by atoms with Crippen molar-refractivity contribution in [3.05, 3.63) is 33.3 Å². The zero-order valence-electron chi connectivity index (χ0n) is 7.80. The summed E-state index contributed by atoms with van der Waals surface area (Å²) in [6.45, 7) is 0.353. The second-order valence-electron chi connectivity index (χ2n) is 2.82. The number of halogens is 2. The maximum atomic E-state index is 8.93. The van der Waals surface area contributed by atoms with Crippen LogP contribution in [0.1, 0.15) is 11.6 Å². The molecular weight excluding hydrogens is 275 g/mol. The molecule has 15 heavy (non-hydrogen) atoms. The molecular formula is C11H8BrClN2. The maximum Gasteiger partial charge on any atom is 0.122 e. The summed E-state index contributed by atoms with van der Waals surface area (Å²) in [5.74, 6) is 2.42. The Bertz CT molecular complexity index is 431. The average molecular weight is 284 g/mol. The van der Waals surface area contributed by atoms with Crippen molar-refractivity contribution in [2.75, 3.05) is 6.54 Å². The van der Waals surface area contributed by atoms with E-state index in [1.807, 2.05) is 6.07 Å². The number of hydrogen-bond donors (Lipinski definition) is 1. The van der Waals surface area contributed by atoms with Gasteiger partial charge in [0.25, 0.3) is 0 Å². The first-order chi connectivity index (χ1) is 7.19. The molecule has 0 bridgehead atoms. The molecule has 0 amide bonds. The third-order valence-electron chi connectivity index (χ3n) is 1.81. The molecule has 0 aromatic heterocycles. The Morgan fingerprint density at radius 1 is 1.60 bits per heavy atom. The van der Waals surface area contributed by atoms with Crippen molar-refractivity contribution in [1.29, 1.82) is 5.26 Å². The maximum absolute atomic E-state index is 8.93. The van der Waals surface area contributed by atoms with Crippen LogP contribution in [0, 0.1) is 23.7 Å². The molecule has 1 rings (SSSR count). The summed E-state index contributed by atoms with van der Waals surface area (Å²) >= 11 is 9.21. The molecule has 0 aliphatic rings. The van der Waals surface area contributed by atoms with Crippen LogP contribution in [0.2, 0.25) is 5.02 Å². The number of nitrogens with zero attached hydrogens (tertiary/aromatic N) is 1. The summed E-state index contributed by atoms with van der Waals surface area (Å²) in [5.41, 5.74) is 0.806. The summed E-state index contributed by atoms with van der Waals surface area (Å²) in [6.07, 6.45) is 5.11. The van der Waals surface area contributed by atoms with Gasteiger partial charge in [-0.05, 0) is 33.6 Å². The summed E-state index contributed by atoms with van der Waals surface area (Å²) < 4.78 is 0.807. The molecule has 76 valence electrons. The van der Waals surface area contributed by atoms with E-state index in [0.29, 0.717) is 11.6 Å². The van der Waals surface area contributed by atoms with Gasteiger partial charge in [0.05, 0.1) is 17.6 Å². The molecule has 1 unspecified atom stereocenters. The lowest BCUT2D eigenvalue weighted by Gasteiger charge is -2.10. The van der Waals surface area contributed by atoms with Crippen LogP contribution < -0.4 is 5.32 Å². The second-order valence-corrected chi connectivity index (χ2v) is 4.08. The van der Waals surface area contributed by atoms with Crippen LogP contribution in [-0.2, 0) is 0 Å². The van der Waals surface area contributed by atoms with Gasteiger partial charge in [0, 0.05) is 4.47 Å². The minimum absolute atomic E-state index is 0.353. The Labute approximate surface area is 102 Å². The Morgan fingerprint density at radius 3 is 2.87 bits per heavy atom. The highest BCUT2D eigenvalue weighted by atomic mass is 79.9. The lowest BCUT2D eigenvalue weighted by molar-refractivity contribution is 0.691. The van der Waals surface area contributed by atoms with E-state index in [0.717, 1.165) is 10.0 Å². The highest BCUT2D eigenvalue weighted by Gasteiger charge is 2.10. The molecule has 0 aliphatic heterocycles. The largest absolute Gasteiger partial charge is 0.287 e. The highest BCUT2D eigenvalue weighted by Crippen LogP contribution is 2.25. The Kier molecular flexibility index (Phi) is 4.65. The van der Waals surface area contributed by atoms with Crippen molar-refractivity contribution in [3.63, 3.8) is 0 Å². The fourth-order valence-corrected chi connectivity index (χ4v) is 1.53. The SMILES string of the molecule is C#CCNC(C#N)c1ccc(Br)c(Cl)c1. The van der Waals surface area contributed by atoms with Crippen LogP contribution in [0.4, 0.5) is 0 Å². The minimum atomic E-state index is -0.424. The normalized spacial score (nSPS) is 11.5. The molecule has 0 aliphatic carbocycles. The summed E-state index contributed by atoms with van der Waals surface area (Å²) in [5, 5.41) is 12.4. The average Bonchev–Trinajstić information content (AvgIpc) is 2.24. The van der Waals surface area contributed by atoms with E-state index in [-0.39, 0.29) is 0 Å². The minimum Gasteiger partial charge on any atom is -0.287 e. The molecule has 1 aromatic carbocycles. The first-order valence-corrected chi connectivity index (χ1v) is 5.37. The van der Waals surface area contributed by atoms with E-state index in [4.69, 9.17) is 23.3 Å². The number of terminal acetylenes is 1. The van der Waals surface area contributed by atoms with Gasteiger partial charge in [-0.3, -0.25) is 5.32 Å². The quantitative estimate of drug-likeness (QED) is 0.866. The van der Waals surface area contributed by atoms with Crippen molar-refractivity contribution >= 4 is 27.5 Å². The molecule has 0 spiro atoms. The van der Waals surface area contributed by atoms with Gasteiger partial charge in [-0.2, -0.15) is 5.26 Å². The molecule has 1 atom stereocenters. The Balaban J connectivity index is 2.89. The van der Waals surface area contributed by atoms with Crippen molar-refractivity contribution in [2.24, 2.45) is 0 Å². The number of nitriles is 1. The molecule has 0 fully saturated rings. The summed E-state index contributed by atoms with van der Waals surface area (Å²) in [7, 11) is 0. The number of hydrogen-bond acceptors (Lipinski definition) is 2. The molecule has 0 radical (unpaired) electrons. The molecule has 2 nitrogen and oxygen atoms in total. The fourth-order valence-electron chi connectivity index (χ4n) is 1.09. The predicted molar refractivity (Wildman–Crippen MR) is 64.3 cm³/mol. The first-order valence-electron chi connectivity index (χ1n) is 4.20. The highest BCUT2D eigenvalue weighted by molar-refractivity contribution is 9.10. The van der Waals surface area contributed by atoms with Gasteiger partial charge >= 0.3 is 0 Å². The molecule has 0 heterocycles. The van der Waals surface area contributed by atoms with Crippen LogP contribution in [0.3, 0.4) is 0 Å². The lowest BCUT2D eigenvalue weighted by Crippen LogP contribution is -2.19. The monoisotopic (exact) mass is 282 g/mol. The molecule has 0 saturated carbocycles. The number of rotatable bonds is 3. The summed E-state index contributed by atoms with van der Waals surface area (Å²) in [4.78, 5) is 0. The van der Waals surface area contributed by atoms with Crippen LogP contribution >= 0.6 is 27.5 Å². The molecule has 4 heteroatoms. The van der Waals surface area contributed by atoms with Crippen molar-refractivity contribution < 1.29 is 0 Å². The Hall–Kier alpha value is -1.000. The Morgan fingerprint density at radius 2 is 2.33 bits per heavy atom. The standard InChI is InChI=1S/C11H8BrClN2/c1-2-5-15-11(7-14)8-3-4-9(12)10(13)6-8/h1,3-4,6,11,15H,5H2. The molecule has 0 saturated heterocycles. The van der Waals surface area contributed by atoms with Crippen molar-refractivity contribution in [1.82, 2.24) is 5.32 Å². The second kappa shape index (κ2) is 5.78. The van der Waals surface area contributed by atoms with Crippen molar-refractivity contribution in [2.45, 2.75) is 6.04 Å². The van der Waals surface area contributed by atoms with Gasteiger partial charge in [0.15, 0.2) is 0 Å². The number of nitrogens with one attached hydrogen (secondary N) is 1. The van der Waals surface area contributed by atoms with E-state index in [9.17, 15) is 0 Å². The van der Waals surface area contributed by atoms with Gasteiger partial charge in [0.1, 0.15) is 6.04 Å². The van der Waals surface area contributed by atoms with Crippen LogP contribution in [-0.4, -0.2) is 6.54 Å². The van der Waals surface area contributed by atoms with Gasteiger partial charge in [-0.15, -0.1) is 6.42 Å². The van der Waals surface area contributed by atoms with Gasteiger partial charge in [0.2, 0.25) is 0 Å². The van der Waals surface area contributed by atoms with Crippen LogP contribution in [0.25, 0.3) is 0 Å². The third-order valence-corrected chi connectivity index (χ3v) is 3.05. The summed E-state index contributed by atoms with van der Waals surface area (Å²) in [6, 6.07) is 7.07. The van der Waals surface area contributed by atoms with Gasteiger partial charge in [-0.25, -0.2) is 0 Å². The van der Waals surface area contributed by atoms with Crippen molar-refractivity contribution in [3.8, 4) is 18.4 Å². The third kappa shape index (κ3) is 3.25. The van der Waals surface area contributed by atoms with Gasteiger partial charge in [-0.1, -0.05) is 23.6 Å². The predicted octanol–water partition coefficient (Wildman–Crippen LogP) is 2.89. The van der Waals surface area contributed by atoms with E-state index in [1.165, 1.54) is 0 Å². The first kappa shape index (κ1) is 12.1.